The lowest BCUT2D eigenvalue weighted by Gasteiger charge is -2.10. The SMILES string of the molecule is CCCn1c(C)nnc1C(N)CO. The third-order valence-electron chi connectivity index (χ3n) is 1.94. The minimum atomic E-state index is -0.423. The Morgan fingerprint density at radius 3 is 2.77 bits per heavy atom. The maximum absolute atomic E-state index is 8.88. The fourth-order valence-corrected chi connectivity index (χ4v) is 1.25. The smallest absolute Gasteiger partial charge is 0.152 e. The average Bonchev–Trinajstić information content (AvgIpc) is 2.48. The molecular weight excluding hydrogens is 168 g/mol. The Labute approximate surface area is 77.6 Å². The number of nitrogens with zero attached hydrogens (tertiary/aromatic N) is 3. The van der Waals surface area contributed by atoms with Crippen molar-refractivity contribution in [1.29, 1.82) is 0 Å². The van der Waals surface area contributed by atoms with Gasteiger partial charge in [-0.3, -0.25) is 0 Å². The molecule has 1 rings (SSSR count). The maximum atomic E-state index is 8.88. The highest BCUT2D eigenvalue weighted by atomic mass is 16.3. The van der Waals surface area contributed by atoms with Crippen molar-refractivity contribution in [2.75, 3.05) is 6.61 Å². The van der Waals surface area contributed by atoms with Crippen molar-refractivity contribution in [2.24, 2.45) is 5.73 Å². The van der Waals surface area contributed by atoms with Crippen LogP contribution in [0, 0.1) is 6.92 Å². The van der Waals surface area contributed by atoms with E-state index in [1.165, 1.54) is 0 Å². The molecule has 1 unspecified atom stereocenters. The fourth-order valence-electron chi connectivity index (χ4n) is 1.25. The minimum Gasteiger partial charge on any atom is -0.394 e. The van der Waals surface area contributed by atoms with Crippen LogP contribution in [0.1, 0.15) is 31.0 Å². The molecule has 0 fully saturated rings. The highest BCUT2D eigenvalue weighted by molar-refractivity contribution is 4.99. The molecule has 1 atom stereocenters. The molecule has 13 heavy (non-hydrogen) atoms. The largest absolute Gasteiger partial charge is 0.394 e. The standard InChI is InChI=1S/C8H16N4O/c1-3-4-12-6(2)10-11-8(12)7(9)5-13/h7,13H,3-5,9H2,1-2H3. The van der Waals surface area contributed by atoms with Crippen LogP contribution in [0.2, 0.25) is 0 Å². The number of rotatable bonds is 4. The second-order valence-electron chi connectivity index (χ2n) is 3.05. The highest BCUT2D eigenvalue weighted by Gasteiger charge is 2.14. The number of aliphatic hydroxyl groups excluding tert-OH is 1. The highest BCUT2D eigenvalue weighted by Crippen LogP contribution is 2.09. The molecule has 0 saturated carbocycles. The summed E-state index contributed by atoms with van der Waals surface area (Å²) in [5.41, 5.74) is 5.67. The predicted octanol–water partition coefficient (Wildman–Crippen LogP) is -0.0114. The first-order valence-corrected chi connectivity index (χ1v) is 4.46. The molecule has 0 aliphatic heterocycles. The Balaban J connectivity index is 2.92. The van der Waals surface area contributed by atoms with E-state index >= 15 is 0 Å². The van der Waals surface area contributed by atoms with Gasteiger partial charge in [0.1, 0.15) is 5.82 Å². The van der Waals surface area contributed by atoms with Crippen LogP contribution in [-0.4, -0.2) is 26.5 Å². The third kappa shape index (κ3) is 2.05. The molecule has 0 amide bonds. The summed E-state index contributed by atoms with van der Waals surface area (Å²) in [5.74, 6) is 1.52. The molecule has 0 spiro atoms. The molecule has 0 aromatic carbocycles. The summed E-state index contributed by atoms with van der Waals surface area (Å²) in [5, 5.41) is 16.7. The van der Waals surface area contributed by atoms with Crippen molar-refractivity contribution in [3.05, 3.63) is 11.6 Å². The zero-order valence-corrected chi connectivity index (χ0v) is 8.06. The Morgan fingerprint density at radius 2 is 2.23 bits per heavy atom. The van der Waals surface area contributed by atoms with Crippen molar-refractivity contribution < 1.29 is 5.11 Å². The molecule has 0 aliphatic carbocycles. The lowest BCUT2D eigenvalue weighted by Crippen LogP contribution is -2.20. The summed E-state index contributed by atoms with van der Waals surface area (Å²) in [4.78, 5) is 0. The zero-order chi connectivity index (χ0) is 9.84. The van der Waals surface area contributed by atoms with Crippen LogP contribution >= 0.6 is 0 Å². The van der Waals surface area contributed by atoms with E-state index in [0.717, 1.165) is 18.8 Å². The van der Waals surface area contributed by atoms with Crippen LogP contribution in [0.5, 0.6) is 0 Å². The number of aromatic nitrogens is 3. The molecular formula is C8H16N4O. The van der Waals surface area contributed by atoms with Gasteiger partial charge >= 0.3 is 0 Å². The molecule has 1 heterocycles. The van der Waals surface area contributed by atoms with Crippen LogP contribution in [-0.2, 0) is 6.54 Å². The van der Waals surface area contributed by atoms with Crippen molar-refractivity contribution in [3.8, 4) is 0 Å². The molecule has 0 saturated heterocycles. The second-order valence-corrected chi connectivity index (χ2v) is 3.05. The average molecular weight is 184 g/mol. The van der Waals surface area contributed by atoms with E-state index in [0.29, 0.717) is 5.82 Å². The van der Waals surface area contributed by atoms with Gasteiger partial charge in [-0.05, 0) is 13.3 Å². The van der Waals surface area contributed by atoms with Gasteiger partial charge in [-0.2, -0.15) is 0 Å². The summed E-state index contributed by atoms with van der Waals surface area (Å²) in [7, 11) is 0. The summed E-state index contributed by atoms with van der Waals surface area (Å²) >= 11 is 0. The van der Waals surface area contributed by atoms with E-state index in [9.17, 15) is 0 Å². The first-order chi connectivity index (χ1) is 6.20. The van der Waals surface area contributed by atoms with Crippen molar-refractivity contribution in [2.45, 2.75) is 32.9 Å². The van der Waals surface area contributed by atoms with Crippen LogP contribution in [0.3, 0.4) is 0 Å². The van der Waals surface area contributed by atoms with E-state index in [2.05, 4.69) is 17.1 Å². The fraction of sp³-hybridized carbons (Fsp3) is 0.750. The molecule has 0 bridgehead atoms. The van der Waals surface area contributed by atoms with Crippen LogP contribution in [0.15, 0.2) is 0 Å². The Kier molecular flexibility index (Phi) is 3.39. The second kappa shape index (κ2) is 4.34. The Morgan fingerprint density at radius 1 is 1.54 bits per heavy atom. The quantitative estimate of drug-likeness (QED) is 0.690. The van der Waals surface area contributed by atoms with E-state index in [4.69, 9.17) is 10.8 Å². The van der Waals surface area contributed by atoms with Gasteiger partial charge < -0.3 is 15.4 Å². The van der Waals surface area contributed by atoms with Gasteiger partial charge in [-0.15, -0.1) is 10.2 Å². The zero-order valence-electron chi connectivity index (χ0n) is 8.06. The minimum absolute atomic E-state index is 0.0954. The van der Waals surface area contributed by atoms with E-state index in [-0.39, 0.29) is 6.61 Å². The first kappa shape index (κ1) is 10.1. The number of hydrogen-bond acceptors (Lipinski definition) is 4. The third-order valence-corrected chi connectivity index (χ3v) is 1.94. The number of nitrogens with two attached hydrogens (primary N) is 1. The van der Waals surface area contributed by atoms with Crippen LogP contribution in [0.25, 0.3) is 0 Å². The predicted molar refractivity (Wildman–Crippen MR) is 49.1 cm³/mol. The normalized spacial score (nSPS) is 13.2. The first-order valence-electron chi connectivity index (χ1n) is 4.46. The van der Waals surface area contributed by atoms with Gasteiger partial charge in [-0.1, -0.05) is 6.92 Å². The van der Waals surface area contributed by atoms with Crippen molar-refractivity contribution in [3.63, 3.8) is 0 Å². The van der Waals surface area contributed by atoms with Gasteiger partial charge in [0.2, 0.25) is 0 Å². The molecule has 5 heteroatoms. The van der Waals surface area contributed by atoms with Gasteiger partial charge in [0, 0.05) is 6.54 Å². The van der Waals surface area contributed by atoms with Gasteiger partial charge in [0.25, 0.3) is 0 Å². The van der Waals surface area contributed by atoms with Gasteiger partial charge in [0.05, 0.1) is 12.6 Å². The molecule has 1 aromatic rings. The van der Waals surface area contributed by atoms with Crippen molar-refractivity contribution >= 4 is 0 Å². The number of hydrogen-bond donors (Lipinski definition) is 2. The topological polar surface area (TPSA) is 77.0 Å². The van der Waals surface area contributed by atoms with E-state index in [1.807, 2.05) is 11.5 Å². The molecule has 1 aromatic heterocycles. The van der Waals surface area contributed by atoms with E-state index in [1.54, 1.807) is 0 Å². The number of aliphatic hydroxyl groups is 1. The Bertz CT molecular complexity index is 271. The molecule has 0 radical (unpaired) electrons. The van der Waals surface area contributed by atoms with Gasteiger partial charge in [0.15, 0.2) is 5.82 Å². The summed E-state index contributed by atoms with van der Waals surface area (Å²) in [6, 6.07) is -0.423. The molecule has 0 aliphatic rings. The van der Waals surface area contributed by atoms with Crippen LogP contribution < -0.4 is 5.73 Å². The van der Waals surface area contributed by atoms with E-state index < -0.39 is 6.04 Å². The van der Waals surface area contributed by atoms with Crippen molar-refractivity contribution in [1.82, 2.24) is 14.8 Å². The lowest BCUT2D eigenvalue weighted by atomic mass is 10.3. The summed E-state index contributed by atoms with van der Waals surface area (Å²) < 4.78 is 1.95. The number of aryl methyl sites for hydroxylation is 1. The molecule has 5 nitrogen and oxygen atoms in total. The monoisotopic (exact) mass is 184 g/mol. The maximum Gasteiger partial charge on any atom is 0.152 e. The molecule has 74 valence electrons. The molecule has 3 N–H and O–H groups in total. The summed E-state index contributed by atoms with van der Waals surface area (Å²) in [6.45, 7) is 4.72. The Hall–Kier alpha value is -0.940. The lowest BCUT2D eigenvalue weighted by molar-refractivity contribution is 0.260. The van der Waals surface area contributed by atoms with Crippen LogP contribution in [0.4, 0.5) is 0 Å². The van der Waals surface area contributed by atoms with Gasteiger partial charge in [-0.25, -0.2) is 0 Å². The summed E-state index contributed by atoms with van der Waals surface area (Å²) in [6.07, 6.45) is 1.00.